The van der Waals surface area contributed by atoms with E-state index in [0.29, 0.717) is 66.9 Å². The monoisotopic (exact) mass is 561 g/mol. The Morgan fingerprint density at radius 2 is 2.02 bits per heavy atom. The quantitative estimate of drug-likeness (QED) is 0.328. The van der Waals surface area contributed by atoms with Gasteiger partial charge >= 0.3 is 6.01 Å². The summed E-state index contributed by atoms with van der Waals surface area (Å²) in [6.07, 6.45) is 5.33. The standard InChI is InChI=1S/C29H32ClN7O3/c1-4-25(38)36-11-13-37(14-12-36)28-20-8-5-9-24(40-27-18(2)22(30)15-23-21(27)16-31-34-23)26(20)32-29(33-28)39-17-19-7-6-10-35(19)3/h4-5,8-9,15-16,19H,1,6-7,10-14,17H2,2-3H3,(H,31,34)/t19-/m0/s1. The van der Waals surface area contributed by atoms with Crippen molar-refractivity contribution < 1.29 is 14.3 Å². The molecule has 0 saturated carbocycles. The second kappa shape index (κ2) is 10.9. The number of ether oxygens (including phenoxy) is 2. The fourth-order valence-corrected chi connectivity index (χ4v) is 5.67. The number of amides is 1. The summed E-state index contributed by atoms with van der Waals surface area (Å²) in [5.41, 5.74) is 2.24. The lowest BCUT2D eigenvalue weighted by atomic mass is 10.1. The van der Waals surface area contributed by atoms with Crippen molar-refractivity contribution in [2.24, 2.45) is 0 Å². The first-order chi connectivity index (χ1) is 19.4. The van der Waals surface area contributed by atoms with Crippen LogP contribution < -0.4 is 14.4 Å². The molecule has 2 aliphatic rings. The molecule has 0 spiro atoms. The molecule has 4 heterocycles. The van der Waals surface area contributed by atoms with Gasteiger partial charge in [0.25, 0.3) is 0 Å². The van der Waals surface area contributed by atoms with Crippen LogP contribution in [0.25, 0.3) is 21.8 Å². The molecule has 0 bridgehead atoms. The summed E-state index contributed by atoms with van der Waals surface area (Å²) in [6.45, 7) is 9.53. The average Bonchev–Trinajstić information content (AvgIpc) is 3.62. The van der Waals surface area contributed by atoms with E-state index in [9.17, 15) is 4.79 Å². The topological polar surface area (TPSA) is 99.7 Å². The number of anilines is 1. The molecule has 0 unspecified atom stereocenters. The summed E-state index contributed by atoms with van der Waals surface area (Å²) in [6, 6.07) is 8.29. The van der Waals surface area contributed by atoms with E-state index >= 15 is 0 Å². The van der Waals surface area contributed by atoms with Gasteiger partial charge in [0.15, 0.2) is 5.75 Å². The lowest BCUT2D eigenvalue weighted by molar-refractivity contribution is -0.126. The zero-order chi connectivity index (χ0) is 27.8. The van der Waals surface area contributed by atoms with Crippen LogP contribution in [0.3, 0.4) is 0 Å². The Labute approximate surface area is 237 Å². The number of nitrogens with zero attached hydrogens (tertiary/aromatic N) is 6. The van der Waals surface area contributed by atoms with Crippen LogP contribution >= 0.6 is 11.6 Å². The van der Waals surface area contributed by atoms with E-state index in [4.69, 9.17) is 31.0 Å². The molecular formula is C29H32ClN7O3. The van der Waals surface area contributed by atoms with Crippen LogP contribution in [0.1, 0.15) is 18.4 Å². The van der Waals surface area contributed by atoms with E-state index in [1.54, 1.807) is 11.1 Å². The maximum atomic E-state index is 12.2. The zero-order valence-corrected chi connectivity index (χ0v) is 23.4. The SMILES string of the molecule is C=CC(=O)N1CCN(c2nc(OC[C@@H]3CCCN3C)nc3c(Oc4c(C)c(Cl)cc5[nH]ncc45)cccc23)CC1. The Bertz CT molecular complexity index is 1580. The number of hydrogen-bond donors (Lipinski definition) is 1. The zero-order valence-electron chi connectivity index (χ0n) is 22.7. The highest BCUT2D eigenvalue weighted by molar-refractivity contribution is 6.32. The number of H-pyrrole nitrogens is 1. The molecule has 2 aliphatic heterocycles. The molecule has 0 aliphatic carbocycles. The van der Waals surface area contributed by atoms with Gasteiger partial charge in [-0.25, -0.2) is 0 Å². The highest BCUT2D eigenvalue weighted by Gasteiger charge is 2.26. The minimum atomic E-state index is -0.0601. The Balaban J connectivity index is 1.40. The lowest BCUT2D eigenvalue weighted by Gasteiger charge is -2.35. The van der Waals surface area contributed by atoms with Gasteiger partial charge in [-0.15, -0.1) is 0 Å². The summed E-state index contributed by atoms with van der Waals surface area (Å²) in [7, 11) is 2.12. The summed E-state index contributed by atoms with van der Waals surface area (Å²) in [5, 5.41) is 9.40. The fourth-order valence-electron chi connectivity index (χ4n) is 5.48. The van der Waals surface area contributed by atoms with E-state index in [0.717, 1.165) is 47.1 Å². The van der Waals surface area contributed by atoms with Crippen molar-refractivity contribution in [3.8, 4) is 17.5 Å². The molecule has 4 aromatic rings. The van der Waals surface area contributed by atoms with Crippen LogP contribution in [-0.4, -0.2) is 88.3 Å². The Kier molecular flexibility index (Phi) is 7.20. The Morgan fingerprint density at radius 3 is 2.77 bits per heavy atom. The molecule has 2 saturated heterocycles. The highest BCUT2D eigenvalue weighted by atomic mass is 35.5. The minimum Gasteiger partial charge on any atom is -0.462 e. The number of carbonyl (C=O) groups excluding carboxylic acids is 1. The van der Waals surface area contributed by atoms with Crippen molar-refractivity contribution in [2.75, 3.05) is 51.3 Å². The Morgan fingerprint density at radius 1 is 1.20 bits per heavy atom. The van der Waals surface area contributed by atoms with Crippen molar-refractivity contribution in [2.45, 2.75) is 25.8 Å². The number of halogens is 1. The average molecular weight is 562 g/mol. The van der Waals surface area contributed by atoms with Gasteiger partial charge in [0.05, 0.1) is 17.1 Å². The fraction of sp³-hybridized carbons (Fsp3) is 0.379. The minimum absolute atomic E-state index is 0.0601. The van der Waals surface area contributed by atoms with Crippen LogP contribution in [0.5, 0.6) is 17.5 Å². The van der Waals surface area contributed by atoms with Crippen molar-refractivity contribution in [1.82, 2.24) is 30.0 Å². The summed E-state index contributed by atoms with van der Waals surface area (Å²) in [4.78, 5) is 28.2. The molecule has 2 aromatic heterocycles. The number of hydrogen-bond acceptors (Lipinski definition) is 8. The second-order valence-electron chi connectivity index (χ2n) is 10.3. The lowest BCUT2D eigenvalue weighted by Crippen LogP contribution is -2.48. The van der Waals surface area contributed by atoms with Gasteiger partial charge in [0.1, 0.15) is 23.7 Å². The number of aromatic amines is 1. The number of likely N-dealkylation sites (tertiary alicyclic amines) is 1. The van der Waals surface area contributed by atoms with Gasteiger partial charge in [0.2, 0.25) is 5.91 Å². The Hall–Kier alpha value is -3.89. The molecule has 2 aromatic carbocycles. The van der Waals surface area contributed by atoms with Crippen LogP contribution in [0.4, 0.5) is 5.82 Å². The number of nitrogens with one attached hydrogen (secondary N) is 1. The van der Waals surface area contributed by atoms with Crippen molar-refractivity contribution in [1.29, 1.82) is 0 Å². The van der Waals surface area contributed by atoms with Crippen molar-refractivity contribution in [3.63, 3.8) is 0 Å². The van der Waals surface area contributed by atoms with Crippen LogP contribution in [0, 0.1) is 6.92 Å². The van der Waals surface area contributed by atoms with Crippen molar-refractivity contribution in [3.05, 3.63) is 53.7 Å². The number of aromatic nitrogens is 4. The van der Waals surface area contributed by atoms with E-state index in [1.807, 2.05) is 31.2 Å². The molecular weight excluding hydrogens is 530 g/mol. The van der Waals surface area contributed by atoms with E-state index < -0.39 is 0 Å². The van der Waals surface area contributed by atoms with E-state index in [2.05, 4.69) is 33.6 Å². The molecule has 40 heavy (non-hydrogen) atoms. The third kappa shape index (κ3) is 4.93. The largest absolute Gasteiger partial charge is 0.462 e. The summed E-state index contributed by atoms with van der Waals surface area (Å²) in [5.74, 6) is 1.88. The molecule has 10 nitrogen and oxygen atoms in total. The van der Waals surface area contributed by atoms with Crippen molar-refractivity contribution >= 4 is 45.1 Å². The molecule has 2 fully saturated rings. The predicted octanol–water partition coefficient (Wildman–Crippen LogP) is 4.57. The van der Waals surface area contributed by atoms with Gasteiger partial charge in [0, 0.05) is 48.2 Å². The normalized spacial score (nSPS) is 18.0. The van der Waals surface area contributed by atoms with Gasteiger partial charge in [-0.1, -0.05) is 24.2 Å². The maximum Gasteiger partial charge on any atom is 0.319 e. The highest BCUT2D eigenvalue weighted by Crippen LogP contribution is 2.40. The van der Waals surface area contributed by atoms with Crippen LogP contribution in [0.15, 0.2) is 43.1 Å². The second-order valence-corrected chi connectivity index (χ2v) is 10.7. The number of piperazine rings is 1. The number of likely N-dealkylation sites (N-methyl/N-ethyl adjacent to an activating group) is 1. The van der Waals surface area contributed by atoms with Gasteiger partial charge < -0.3 is 24.2 Å². The van der Waals surface area contributed by atoms with E-state index in [1.165, 1.54) is 6.08 Å². The summed E-state index contributed by atoms with van der Waals surface area (Å²) < 4.78 is 12.8. The van der Waals surface area contributed by atoms with Gasteiger partial charge in [-0.05, 0) is 57.6 Å². The van der Waals surface area contributed by atoms with Gasteiger partial charge in [-0.3, -0.25) is 9.89 Å². The van der Waals surface area contributed by atoms with Crippen LogP contribution in [0.2, 0.25) is 5.02 Å². The first-order valence-electron chi connectivity index (χ1n) is 13.5. The van der Waals surface area contributed by atoms with Gasteiger partial charge in [-0.2, -0.15) is 15.1 Å². The molecule has 1 N–H and O–H groups in total. The molecule has 1 amide bonds. The molecule has 0 radical (unpaired) electrons. The number of benzene rings is 2. The van der Waals surface area contributed by atoms with E-state index in [-0.39, 0.29) is 5.91 Å². The number of carbonyl (C=O) groups is 1. The first kappa shape index (κ1) is 26.3. The van der Waals surface area contributed by atoms with Crippen LogP contribution in [-0.2, 0) is 4.79 Å². The molecule has 208 valence electrons. The molecule has 11 heteroatoms. The summed E-state index contributed by atoms with van der Waals surface area (Å²) >= 11 is 6.53. The molecule has 1 atom stereocenters. The smallest absolute Gasteiger partial charge is 0.319 e. The number of fused-ring (bicyclic) bond motifs is 2. The number of rotatable bonds is 7. The maximum absolute atomic E-state index is 12.2. The third-order valence-corrected chi connectivity index (χ3v) is 8.28. The predicted molar refractivity (Wildman–Crippen MR) is 156 cm³/mol. The first-order valence-corrected chi connectivity index (χ1v) is 13.9. The molecule has 6 rings (SSSR count). The third-order valence-electron chi connectivity index (χ3n) is 7.89. The number of para-hydroxylation sites is 1.